The topological polar surface area (TPSA) is 25.6 Å². The number of hydrogen-bond donors (Lipinski definition) is 0. The van der Waals surface area contributed by atoms with E-state index >= 15 is 0 Å². The molecule has 5 heteroatoms. The highest BCUT2D eigenvalue weighted by Crippen LogP contribution is 2.52. The van der Waals surface area contributed by atoms with Gasteiger partial charge in [-0.2, -0.15) is 0 Å². The van der Waals surface area contributed by atoms with Gasteiger partial charge in [-0.15, -0.1) is 0 Å². The second-order valence-corrected chi connectivity index (χ2v) is 16.5. The van der Waals surface area contributed by atoms with Crippen LogP contribution >= 0.6 is 0 Å². The average molecular weight is 631 g/mol. The average Bonchev–Trinajstić information content (AvgIpc) is 3.46. The molecule has 234 valence electrons. The van der Waals surface area contributed by atoms with E-state index in [-0.39, 0.29) is 24.4 Å². The molecule has 5 heterocycles. The van der Waals surface area contributed by atoms with E-state index in [0.717, 1.165) is 28.1 Å². The van der Waals surface area contributed by atoms with Crippen molar-refractivity contribution in [2.45, 2.75) is 52.4 Å². The predicted molar refractivity (Wildman–Crippen MR) is 207 cm³/mol. The van der Waals surface area contributed by atoms with Crippen LogP contribution in [-0.2, 0) is 10.8 Å². The van der Waals surface area contributed by atoms with E-state index in [1.54, 1.807) is 0 Å². The lowest BCUT2D eigenvalue weighted by Crippen LogP contribution is -2.68. The maximum absolute atomic E-state index is 6.90. The van der Waals surface area contributed by atoms with Gasteiger partial charge in [0.1, 0.15) is 17.0 Å². The summed E-state index contributed by atoms with van der Waals surface area (Å²) in [6.45, 7) is 13.9. The van der Waals surface area contributed by atoms with E-state index in [1.807, 2.05) is 6.07 Å². The molecular formula is C44H35B2NO2. The fraction of sp³-hybridized carbons (Fsp3) is 0.182. The van der Waals surface area contributed by atoms with Gasteiger partial charge in [-0.25, -0.2) is 0 Å². The standard InChI is InChI=1S/C44H35B2NO2/c1-43(2,3)25-16-17-28-29-18-20-36-38-40(29)47-39-31(37-27-12-8-7-11-24(27)15-19-32(37)46(47)33(28)22-25)21-26(44(4,5)6)23-34(39)45(38)42-41(48-36)30-13-9-10-14-35(30)49-42/h7-23H,1-6H3. The fourth-order valence-corrected chi connectivity index (χ4v) is 9.21. The second kappa shape index (κ2) is 8.90. The van der Waals surface area contributed by atoms with Gasteiger partial charge in [0.2, 0.25) is 0 Å². The largest absolute Gasteiger partial charge is 0.466 e. The number of para-hydroxylation sites is 1. The number of nitrogens with zero attached hydrogens (tertiary/aromatic N) is 1. The molecule has 0 amide bonds. The smallest absolute Gasteiger partial charge is 0.329 e. The number of benzene rings is 6. The van der Waals surface area contributed by atoms with Crippen molar-refractivity contribution < 1.29 is 9.15 Å². The molecule has 0 saturated carbocycles. The van der Waals surface area contributed by atoms with Crippen LogP contribution < -0.4 is 37.1 Å². The van der Waals surface area contributed by atoms with Crippen LogP contribution in [0.3, 0.4) is 0 Å². The van der Waals surface area contributed by atoms with Gasteiger partial charge in [0.05, 0.1) is 5.39 Å². The molecule has 4 aliphatic heterocycles. The summed E-state index contributed by atoms with van der Waals surface area (Å²) in [5.74, 6) is 1.77. The number of anilines is 2. The maximum atomic E-state index is 6.90. The molecule has 7 aromatic rings. The first-order valence-corrected chi connectivity index (χ1v) is 17.6. The predicted octanol–water partition coefficient (Wildman–Crippen LogP) is 8.02. The van der Waals surface area contributed by atoms with Gasteiger partial charge in [-0.1, -0.05) is 114 Å². The van der Waals surface area contributed by atoms with Crippen LogP contribution in [0.5, 0.6) is 11.5 Å². The maximum Gasteiger partial charge on any atom is 0.329 e. The van der Waals surface area contributed by atoms with Crippen molar-refractivity contribution in [2.75, 3.05) is 4.81 Å². The van der Waals surface area contributed by atoms with Crippen molar-refractivity contribution in [3.05, 3.63) is 114 Å². The Morgan fingerprint density at radius 3 is 2.14 bits per heavy atom. The van der Waals surface area contributed by atoms with Crippen LogP contribution in [0.4, 0.5) is 11.4 Å². The molecule has 4 aliphatic rings. The van der Waals surface area contributed by atoms with Crippen molar-refractivity contribution in [2.24, 2.45) is 0 Å². The van der Waals surface area contributed by atoms with Gasteiger partial charge in [-0.05, 0) is 90.6 Å². The Labute approximate surface area is 287 Å². The molecule has 0 atom stereocenters. The SMILES string of the molecule is CC(C)(C)c1ccc2c(c1)B1c3ccc4ccccc4c3-c3cc(C(C)(C)C)cc4c3N1c1c-2ccc2c1B4c1oc3ccccc3c1O2. The molecule has 0 spiro atoms. The highest BCUT2D eigenvalue weighted by Gasteiger charge is 2.53. The van der Waals surface area contributed by atoms with Crippen molar-refractivity contribution in [1.82, 2.24) is 0 Å². The summed E-state index contributed by atoms with van der Waals surface area (Å²) in [5.41, 5.74) is 17.5. The van der Waals surface area contributed by atoms with Gasteiger partial charge in [0.25, 0.3) is 0 Å². The van der Waals surface area contributed by atoms with Crippen LogP contribution in [0.25, 0.3) is 44.0 Å². The molecule has 0 N–H and O–H groups in total. The van der Waals surface area contributed by atoms with Gasteiger partial charge in [-0.3, -0.25) is 0 Å². The molecule has 0 aliphatic carbocycles. The lowest BCUT2D eigenvalue weighted by atomic mass is 9.32. The molecule has 0 bridgehead atoms. The van der Waals surface area contributed by atoms with Gasteiger partial charge in [0.15, 0.2) is 5.75 Å². The van der Waals surface area contributed by atoms with Gasteiger partial charge in [0, 0.05) is 28.0 Å². The normalized spacial score (nSPS) is 14.8. The highest BCUT2D eigenvalue weighted by molar-refractivity contribution is 7.02. The summed E-state index contributed by atoms with van der Waals surface area (Å²) < 4.78 is 13.8. The number of furan rings is 1. The Hall–Kier alpha value is -5.15. The third-order valence-electron chi connectivity index (χ3n) is 11.6. The van der Waals surface area contributed by atoms with Crippen molar-refractivity contribution in [3.8, 4) is 33.8 Å². The molecule has 0 unspecified atom stereocenters. The molecule has 1 aromatic heterocycles. The molecular weight excluding hydrogens is 596 g/mol. The van der Waals surface area contributed by atoms with Crippen LogP contribution in [0.2, 0.25) is 0 Å². The summed E-state index contributed by atoms with van der Waals surface area (Å²) in [6, 6.07) is 38.7. The second-order valence-electron chi connectivity index (χ2n) is 16.5. The van der Waals surface area contributed by atoms with Crippen molar-refractivity contribution in [3.63, 3.8) is 0 Å². The van der Waals surface area contributed by atoms with Crippen molar-refractivity contribution in [1.29, 1.82) is 0 Å². The first-order chi connectivity index (χ1) is 23.6. The van der Waals surface area contributed by atoms with Gasteiger partial charge >= 0.3 is 13.6 Å². The number of ether oxygens (including phenoxy) is 1. The molecule has 49 heavy (non-hydrogen) atoms. The Morgan fingerprint density at radius 1 is 0.592 bits per heavy atom. The van der Waals surface area contributed by atoms with E-state index in [1.165, 1.54) is 77.4 Å². The summed E-state index contributed by atoms with van der Waals surface area (Å²) in [4.78, 5) is 2.69. The Kier molecular flexibility index (Phi) is 5.04. The minimum atomic E-state index is -0.0963. The number of rotatable bonds is 0. The molecule has 11 rings (SSSR count). The van der Waals surface area contributed by atoms with E-state index in [4.69, 9.17) is 9.15 Å². The van der Waals surface area contributed by atoms with E-state index in [2.05, 4.69) is 143 Å². The minimum absolute atomic E-state index is 0.0145. The molecule has 0 saturated heterocycles. The van der Waals surface area contributed by atoms with Crippen LogP contribution in [0.15, 0.2) is 108 Å². The third kappa shape index (κ3) is 3.46. The molecule has 0 fully saturated rings. The number of hydrogen-bond acceptors (Lipinski definition) is 3. The fourth-order valence-electron chi connectivity index (χ4n) is 9.21. The first-order valence-electron chi connectivity index (χ1n) is 17.6. The molecule has 3 nitrogen and oxygen atoms in total. The number of fused-ring (bicyclic) bond motifs is 13. The van der Waals surface area contributed by atoms with E-state index in [0.29, 0.717) is 0 Å². The Balaban J connectivity index is 1.35. The van der Waals surface area contributed by atoms with Gasteiger partial charge < -0.3 is 14.0 Å². The summed E-state index contributed by atoms with van der Waals surface area (Å²) in [5, 5.41) is 3.61. The zero-order valence-corrected chi connectivity index (χ0v) is 28.7. The zero-order chi connectivity index (χ0) is 33.1. The minimum Gasteiger partial charge on any atom is -0.466 e. The Morgan fingerprint density at radius 2 is 1.33 bits per heavy atom. The highest BCUT2D eigenvalue weighted by atomic mass is 16.5. The van der Waals surface area contributed by atoms with E-state index < -0.39 is 0 Å². The lowest BCUT2D eigenvalue weighted by Gasteiger charge is -2.50. The van der Waals surface area contributed by atoms with Crippen LogP contribution in [0.1, 0.15) is 52.7 Å². The lowest BCUT2D eigenvalue weighted by molar-refractivity contribution is 0.482. The first kappa shape index (κ1) is 27.8. The summed E-state index contributed by atoms with van der Waals surface area (Å²) in [6.07, 6.45) is 0. The zero-order valence-electron chi connectivity index (χ0n) is 28.7. The summed E-state index contributed by atoms with van der Waals surface area (Å²) in [7, 11) is 0. The monoisotopic (exact) mass is 631 g/mol. The molecule has 6 aromatic carbocycles. The van der Waals surface area contributed by atoms with E-state index in [9.17, 15) is 0 Å². The third-order valence-corrected chi connectivity index (χ3v) is 11.6. The summed E-state index contributed by atoms with van der Waals surface area (Å²) >= 11 is 0. The van der Waals surface area contributed by atoms with Crippen molar-refractivity contribution >= 4 is 74.2 Å². The van der Waals surface area contributed by atoms with Crippen LogP contribution in [-0.4, -0.2) is 13.6 Å². The quantitative estimate of drug-likeness (QED) is 0.159. The molecule has 0 radical (unpaired) electrons. The van der Waals surface area contributed by atoms with Crippen LogP contribution in [0, 0.1) is 0 Å². The Bertz CT molecular complexity index is 2640.